The molecule has 3 heterocycles. The van der Waals surface area contributed by atoms with Gasteiger partial charge in [0.15, 0.2) is 11.6 Å². The van der Waals surface area contributed by atoms with Crippen LogP contribution in [0.1, 0.15) is 25.8 Å². The number of hydrazine groups is 2. The van der Waals surface area contributed by atoms with E-state index in [4.69, 9.17) is 16.3 Å². The van der Waals surface area contributed by atoms with E-state index in [-0.39, 0.29) is 31.4 Å². The summed E-state index contributed by atoms with van der Waals surface area (Å²) < 4.78 is 33.4. The number of aromatic nitrogens is 2. The molecule has 0 amide bonds. The summed E-state index contributed by atoms with van der Waals surface area (Å²) in [5.74, 6) is -1.52. The first-order chi connectivity index (χ1) is 13.8. The Balaban J connectivity index is 1.67. The van der Waals surface area contributed by atoms with E-state index in [1.807, 2.05) is 38.1 Å². The first kappa shape index (κ1) is 19.9. The molecule has 0 unspecified atom stereocenters. The van der Waals surface area contributed by atoms with E-state index in [1.54, 1.807) is 9.91 Å². The average Bonchev–Trinajstić information content (AvgIpc) is 3.24. The summed E-state index contributed by atoms with van der Waals surface area (Å²) in [5.41, 5.74) is 7.49. The quantitative estimate of drug-likeness (QED) is 0.729. The molecule has 10 heteroatoms. The second-order valence-electron chi connectivity index (χ2n) is 7.68. The highest BCUT2D eigenvalue weighted by Gasteiger charge is 2.41. The molecule has 0 bridgehead atoms. The van der Waals surface area contributed by atoms with Gasteiger partial charge in [-0.2, -0.15) is 9.97 Å². The van der Waals surface area contributed by atoms with Crippen molar-refractivity contribution in [2.24, 2.45) is 5.92 Å². The van der Waals surface area contributed by atoms with Crippen LogP contribution in [0.2, 0.25) is 5.02 Å². The maximum atomic E-state index is 13.8. The Kier molecular flexibility index (Phi) is 5.35. The van der Waals surface area contributed by atoms with Crippen molar-refractivity contribution in [1.82, 2.24) is 15.5 Å². The Morgan fingerprint density at radius 3 is 2.69 bits per heavy atom. The largest absolute Gasteiger partial charge is 0.463 e. The summed E-state index contributed by atoms with van der Waals surface area (Å²) in [7, 11) is 0. The molecule has 156 valence electrons. The van der Waals surface area contributed by atoms with E-state index in [1.165, 1.54) is 0 Å². The van der Waals surface area contributed by atoms with Crippen molar-refractivity contribution < 1.29 is 13.5 Å². The summed E-state index contributed by atoms with van der Waals surface area (Å²) in [5, 5.41) is 2.39. The normalized spacial score (nSPS) is 17.6. The second-order valence-corrected chi connectivity index (χ2v) is 8.08. The number of nitrogens with one attached hydrogen (secondary N) is 2. The van der Waals surface area contributed by atoms with Crippen molar-refractivity contribution in [3.8, 4) is 6.01 Å². The van der Waals surface area contributed by atoms with Gasteiger partial charge in [-0.25, -0.2) is 8.78 Å². The molecule has 1 fully saturated rings. The number of nitrogens with zero attached hydrogens (tertiary/aromatic N) is 4. The van der Waals surface area contributed by atoms with Crippen LogP contribution in [0.4, 0.5) is 26.1 Å². The molecule has 1 saturated heterocycles. The fraction of sp³-hybridized carbons (Fsp3) is 0.474. The molecule has 1 aromatic carbocycles. The molecule has 1 aromatic heterocycles. The summed E-state index contributed by atoms with van der Waals surface area (Å²) in [6.45, 7) is 4.72. The van der Waals surface area contributed by atoms with Crippen LogP contribution in [0.25, 0.3) is 0 Å². The lowest BCUT2D eigenvalue weighted by atomic mass is 10.2. The maximum Gasteiger partial charge on any atom is 0.320 e. The average molecular weight is 425 g/mol. The molecule has 0 spiro atoms. The first-order valence-corrected chi connectivity index (χ1v) is 9.90. The van der Waals surface area contributed by atoms with Crippen LogP contribution in [-0.4, -0.2) is 35.6 Å². The Bertz CT molecular complexity index is 897. The van der Waals surface area contributed by atoms with Gasteiger partial charge in [0.2, 0.25) is 0 Å². The molecular weight excluding hydrogens is 402 g/mol. The van der Waals surface area contributed by atoms with Crippen LogP contribution in [0.3, 0.4) is 0 Å². The third-order valence-corrected chi connectivity index (χ3v) is 5.09. The predicted molar refractivity (Wildman–Crippen MR) is 109 cm³/mol. The van der Waals surface area contributed by atoms with Crippen LogP contribution in [0.5, 0.6) is 6.01 Å². The molecule has 4 rings (SSSR count). The lowest BCUT2D eigenvalue weighted by Gasteiger charge is -2.21. The number of anilines is 3. The van der Waals surface area contributed by atoms with E-state index >= 15 is 0 Å². The molecule has 7 nitrogen and oxygen atoms in total. The van der Waals surface area contributed by atoms with Gasteiger partial charge in [-0.3, -0.25) is 10.4 Å². The summed E-state index contributed by atoms with van der Waals surface area (Å²) in [6, 6.07) is 7.66. The number of halogens is 3. The molecule has 2 aromatic rings. The third kappa shape index (κ3) is 4.30. The van der Waals surface area contributed by atoms with Crippen molar-refractivity contribution in [2.45, 2.75) is 32.7 Å². The van der Waals surface area contributed by atoms with Gasteiger partial charge >= 0.3 is 6.01 Å². The van der Waals surface area contributed by atoms with Crippen LogP contribution in [0.15, 0.2) is 24.3 Å². The molecule has 2 N–H and O–H groups in total. The zero-order valence-electron chi connectivity index (χ0n) is 16.3. The number of alkyl halides is 2. The molecule has 0 saturated carbocycles. The van der Waals surface area contributed by atoms with Gasteiger partial charge in [0.05, 0.1) is 19.7 Å². The number of ether oxygens (including phenoxy) is 1. The fourth-order valence-electron chi connectivity index (χ4n) is 3.26. The standard InChI is InChI=1S/C19H23ClF2N6O/c1-12(2)10-29-18-23-16(27-8-7-19(21,22)11-27)15-17(24-18)28(26-25-15)9-13-5-3-4-6-14(13)20/h3-6,12,25-26H,7-11H2,1-2H3. The van der Waals surface area contributed by atoms with Crippen LogP contribution >= 0.6 is 11.6 Å². The number of benzene rings is 1. The predicted octanol–water partition coefficient (Wildman–Crippen LogP) is 3.86. The Morgan fingerprint density at radius 1 is 1.24 bits per heavy atom. The molecule has 0 radical (unpaired) electrons. The highest BCUT2D eigenvalue weighted by Crippen LogP contribution is 2.41. The van der Waals surface area contributed by atoms with E-state index in [9.17, 15) is 8.78 Å². The van der Waals surface area contributed by atoms with Crippen molar-refractivity contribution in [3.63, 3.8) is 0 Å². The zero-order valence-corrected chi connectivity index (χ0v) is 17.0. The Labute approximate surface area is 173 Å². The van der Waals surface area contributed by atoms with Gasteiger partial charge in [-0.05, 0) is 17.5 Å². The van der Waals surface area contributed by atoms with Crippen molar-refractivity contribution in [2.75, 3.05) is 35.0 Å². The number of hydrogen-bond acceptors (Lipinski definition) is 7. The van der Waals surface area contributed by atoms with Gasteiger partial charge in [0.25, 0.3) is 5.92 Å². The van der Waals surface area contributed by atoms with Crippen molar-refractivity contribution >= 4 is 28.9 Å². The second kappa shape index (κ2) is 7.79. The molecule has 29 heavy (non-hydrogen) atoms. The van der Waals surface area contributed by atoms with E-state index in [2.05, 4.69) is 20.9 Å². The minimum atomic E-state index is -2.74. The molecule has 0 atom stereocenters. The van der Waals surface area contributed by atoms with Crippen molar-refractivity contribution in [1.29, 1.82) is 0 Å². The van der Waals surface area contributed by atoms with Gasteiger partial charge in [0, 0.05) is 18.0 Å². The smallest absolute Gasteiger partial charge is 0.320 e. The fourth-order valence-corrected chi connectivity index (χ4v) is 3.46. The van der Waals surface area contributed by atoms with Crippen LogP contribution in [0, 0.1) is 5.92 Å². The zero-order chi connectivity index (χ0) is 20.6. The minimum absolute atomic E-state index is 0.164. The van der Waals surface area contributed by atoms with Gasteiger partial charge in [-0.1, -0.05) is 43.6 Å². The maximum absolute atomic E-state index is 13.8. The monoisotopic (exact) mass is 424 g/mol. The molecule has 0 aliphatic carbocycles. The summed E-state index contributed by atoms with van der Waals surface area (Å²) >= 11 is 6.29. The first-order valence-electron chi connectivity index (χ1n) is 9.52. The summed E-state index contributed by atoms with van der Waals surface area (Å²) in [6.07, 6.45) is -0.204. The van der Waals surface area contributed by atoms with Gasteiger partial charge in [-0.15, -0.1) is 5.53 Å². The lowest BCUT2D eigenvalue weighted by Crippen LogP contribution is -2.35. The number of fused-ring (bicyclic) bond motifs is 1. The number of rotatable bonds is 6. The van der Waals surface area contributed by atoms with E-state index in [0.29, 0.717) is 35.5 Å². The third-order valence-electron chi connectivity index (χ3n) is 4.72. The van der Waals surface area contributed by atoms with Gasteiger partial charge in [0.1, 0.15) is 5.69 Å². The van der Waals surface area contributed by atoms with Crippen LogP contribution < -0.4 is 25.6 Å². The Hall–Kier alpha value is -2.39. The highest BCUT2D eigenvalue weighted by molar-refractivity contribution is 6.31. The molecule has 2 aliphatic heterocycles. The molecule has 2 aliphatic rings. The molecular formula is C19H23ClF2N6O. The topological polar surface area (TPSA) is 65.5 Å². The SMILES string of the molecule is CC(C)COc1nc(N2CCC(F)(F)C2)c2c(n1)N(Cc1ccccc1Cl)NN2. The minimum Gasteiger partial charge on any atom is -0.463 e. The number of hydrogen-bond donors (Lipinski definition) is 2. The van der Waals surface area contributed by atoms with Crippen LogP contribution in [-0.2, 0) is 6.54 Å². The van der Waals surface area contributed by atoms with E-state index in [0.717, 1.165) is 5.56 Å². The lowest BCUT2D eigenvalue weighted by molar-refractivity contribution is 0.0256. The highest BCUT2D eigenvalue weighted by atomic mass is 35.5. The Morgan fingerprint density at radius 2 is 2.00 bits per heavy atom. The van der Waals surface area contributed by atoms with Crippen molar-refractivity contribution in [3.05, 3.63) is 34.9 Å². The van der Waals surface area contributed by atoms with E-state index < -0.39 is 5.92 Å². The van der Waals surface area contributed by atoms with Gasteiger partial charge < -0.3 is 9.64 Å². The summed E-state index contributed by atoms with van der Waals surface area (Å²) in [4.78, 5) is 10.5.